The van der Waals surface area contributed by atoms with E-state index in [9.17, 15) is 0 Å². The summed E-state index contributed by atoms with van der Waals surface area (Å²) in [5.74, 6) is 0. The molecule has 0 saturated heterocycles. The van der Waals surface area contributed by atoms with Gasteiger partial charge in [-0.05, 0) is 12.1 Å². The molecule has 88 valence electrons. The SMILES string of the molecule is C=C(Nn1cnnc1)c1ccc(Cl)c(Cl)c1Cl. The van der Waals surface area contributed by atoms with Crippen molar-refractivity contribution in [2.24, 2.45) is 0 Å². The van der Waals surface area contributed by atoms with Gasteiger partial charge in [0.1, 0.15) is 12.7 Å². The number of hydrogen-bond donors (Lipinski definition) is 1. The van der Waals surface area contributed by atoms with Crippen LogP contribution >= 0.6 is 34.8 Å². The number of hydrogen-bond acceptors (Lipinski definition) is 3. The lowest BCUT2D eigenvalue weighted by Gasteiger charge is -2.12. The van der Waals surface area contributed by atoms with Crippen molar-refractivity contribution in [3.8, 4) is 0 Å². The molecule has 0 atom stereocenters. The highest BCUT2D eigenvalue weighted by atomic mass is 35.5. The zero-order valence-electron chi connectivity index (χ0n) is 8.49. The van der Waals surface area contributed by atoms with E-state index in [-0.39, 0.29) is 0 Å². The fourth-order valence-corrected chi connectivity index (χ4v) is 1.88. The summed E-state index contributed by atoms with van der Waals surface area (Å²) in [6.45, 7) is 3.86. The van der Waals surface area contributed by atoms with Crippen LogP contribution in [0.25, 0.3) is 5.70 Å². The van der Waals surface area contributed by atoms with Crippen LogP contribution in [-0.4, -0.2) is 14.9 Å². The molecule has 0 fully saturated rings. The highest BCUT2D eigenvalue weighted by molar-refractivity contribution is 6.48. The third-order valence-electron chi connectivity index (χ3n) is 2.04. The first-order chi connectivity index (χ1) is 8.09. The first kappa shape index (κ1) is 12.2. The lowest BCUT2D eigenvalue weighted by molar-refractivity contribution is 0.957. The number of nitrogens with zero attached hydrogens (tertiary/aromatic N) is 3. The lowest BCUT2D eigenvalue weighted by atomic mass is 10.2. The van der Waals surface area contributed by atoms with Crippen molar-refractivity contribution in [2.45, 2.75) is 0 Å². The largest absolute Gasteiger partial charge is 0.292 e. The molecule has 1 aromatic heterocycles. The Labute approximate surface area is 113 Å². The van der Waals surface area contributed by atoms with Gasteiger partial charge in [0.15, 0.2) is 0 Å². The molecular formula is C10H7Cl3N4. The van der Waals surface area contributed by atoms with Gasteiger partial charge < -0.3 is 0 Å². The molecule has 17 heavy (non-hydrogen) atoms. The molecule has 2 aromatic rings. The van der Waals surface area contributed by atoms with Gasteiger partial charge in [-0.3, -0.25) is 5.43 Å². The minimum Gasteiger partial charge on any atom is -0.292 e. The molecular weight excluding hydrogens is 282 g/mol. The van der Waals surface area contributed by atoms with Crippen molar-refractivity contribution >= 4 is 40.5 Å². The van der Waals surface area contributed by atoms with Crippen LogP contribution in [-0.2, 0) is 0 Å². The first-order valence-electron chi connectivity index (χ1n) is 4.54. The standard InChI is InChI=1S/C10H7Cl3N4/c1-6(16-17-4-14-15-5-17)7-2-3-8(11)10(13)9(7)12/h2-5,16H,1H2. The van der Waals surface area contributed by atoms with E-state index in [1.807, 2.05) is 0 Å². The van der Waals surface area contributed by atoms with Crippen molar-refractivity contribution in [3.05, 3.63) is 52.0 Å². The third-order valence-corrected chi connectivity index (χ3v) is 3.34. The molecule has 0 aliphatic heterocycles. The summed E-state index contributed by atoms with van der Waals surface area (Å²) in [5.41, 5.74) is 4.16. The van der Waals surface area contributed by atoms with Crippen LogP contribution in [0.2, 0.25) is 15.1 Å². The predicted molar refractivity (Wildman–Crippen MR) is 69.9 cm³/mol. The second-order valence-corrected chi connectivity index (χ2v) is 4.35. The Bertz CT molecular complexity index is 551. The molecule has 0 unspecified atom stereocenters. The van der Waals surface area contributed by atoms with Crippen LogP contribution in [0.4, 0.5) is 0 Å². The van der Waals surface area contributed by atoms with Crippen LogP contribution in [0.15, 0.2) is 31.4 Å². The Morgan fingerprint density at radius 1 is 1.12 bits per heavy atom. The fourth-order valence-electron chi connectivity index (χ4n) is 1.23. The van der Waals surface area contributed by atoms with Gasteiger partial charge in [0.2, 0.25) is 0 Å². The molecule has 1 aromatic carbocycles. The number of halogens is 3. The van der Waals surface area contributed by atoms with Gasteiger partial charge in [-0.2, -0.15) is 0 Å². The summed E-state index contributed by atoms with van der Waals surface area (Å²) in [4.78, 5) is 0. The maximum atomic E-state index is 6.08. The molecule has 0 aliphatic carbocycles. The van der Waals surface area contributed by atoms with Crippen molar-refractivity contribution in [1.29, 1.82) is 0 Å². The average molecular weight is 290 g/mol. The molecule has 0 aliphatic rings. The van der Waals surface area contributed by atoms with E-state index in [1.165, 1.54) is 12.7 Å². The van der Waals surface area contributed by atoms with Crippen molar-refractivity contribution in [1.82, 2.24) is 14.9 Å². The van der Waals surface area contributed by atoms with Crippen molar-refractivity contribution in [3.63, 3.8) is 0 Å². The van der Waals surface area contributed by atoms with E-state index in [4.69, 9.17) is 34.8 Å². The molecule has 0 bridgehead atoms. The zero-order valence-corrected chi connectivity index (χ0v) is 10.8. The van der Waals surface area contributed by atoms with Gasteiger partial charge in [0.05, 0.1) is 20.8 Å². The molecule has 0 saturated carbocycles. The van der Waals surface area contributed by atoms with Crippen molar-refractivity contribution < 1.29 is 0 Å². The molecule has 2 rings (SSSR count). The smallest absolute Gasteiger partial charge is 0.139 e. The third kappa shape index (κ3) is 2.54. The number of nitrogens with one attached hydrogen (secondary N) is 1. The van der Waals surface area contributed by atoms with Crippen molar-refractivity contribution in [2.75, 3.05) is 5.43 Å². The second kappa shape index (κ2) is 4.96. The molecule has 1 N–H and O–H groups in total. The molecule has 0 radical (unpaired) electrons. The minimum atomic E-state index is 0.303. The first-order valence-corrected chi connectivity index (χ1v) is 5.67. The quantitative estimate of drug-likeness (QED) is 0.880. The second-order valence-electron chi connectivity index (χ2n) is 3.18. The Morgan fingerprint density at radius 3 is 2.41 bits per heavy atom. The Hall–Kier alpha value is -1.23. The van der Waals surface area contributed by atoms with E-state index in [1.54, 1.807) is 16.8 Å². The van der Waals surface area contributed by atoms with E-state index >= 15 is 0 Å². The van der Waals surface area contributed by atoms with Gasteiger partial charge in [0, 0.05) is 5.56 Å². The summed E-state index contributed by atoms with van der Waals surface area (Å²) >= 11 is 17.9. The van der Waals surface area contributed by atoms with E-state index in [0.717, 1.165) is 0 Å². The summed E-state index contributed by atoms with van der Waals surface area (Å²) in [6, 6.07) is 3.39. The van der Waals surface area contributed by atoms with Gasteiger partial charge >= 0.3 is 0 Å². The van der Waals surface area contributed by atoms with E-state index < -0.39 is 0 Å². The summed E-state index contributed by atoms with van der Waals surface area (Å²) in [7, 11) is 0. The number of rotatable bonds is 3. The minimum absolute atomic E-state index is 0.303. The van der Waals surface area contributed by atoms with Gasteiger partial charge in [-0.1, -0.05) is 41.4 Å². The number of aromatic nitrogens is 3. The van der Waals surface area contributed by atoms with Gasteiger partial charge in [-0.25, -0.2) is 4.68 Å². The summed E-state index contributed by atoms with van der Waals surface area (Å²) < 4.78 is 1.54. The van der Waals surface area contributed by atoms with Crippen LogP contribution in [0.3, 0.4) is 0 Å². The molecule has 0 amide bonds. The normalized spacial score (nSPS) is 10.3. The van der Waals surface area contributed by atoms with Gasteiger partial charge in [-0.15, -0.1) is 10.2 Å². The van der Waals surface area contributed by atoms with E-state index in [0.29, 0.717) is 26.3 Å². The Morgan fingerprint density at radius 2 is 1.76 bits per heavy atom. The highest BCUT2D eigenvalue weighted by Crippen LogP contribution is 2.34. The molecule has 1 heterocycles. The maximum Gasteiger partial charge on any atom is 0.139 e. The Kier molecular flexibility index (Phi) is 3.57. The van der Waals surface area contributed by atoms with Crippen LogP contribution in [0.5, 0.6) is 0 Å². The summed E-state index contributed by atoms with van der Waals surface area (Å²) in [5, 5.41) is 8.36. The Balaban J connectivity index is 2.29. The average Bonchev–Trinajstić information content (AvgIpc) is 2.78. The fraction of sp³-hybridized carbons (Fsp3) is 0. The molecule has 0 spiro atoms. The lowest BCUT2D eigenvalue weighted by Crippen LogP contribution is -2.10. The van der Waals surface area contributed by atoms with Crippen LogP contribution in [0, 0.1) is 0 Å². The maximum absolute atomic E-state index is 6.08. The van der Waals surface area contributed by atoms with Gasteiger partial charge in [0.25, 0.3) is 0 Å². The molecule has 4 nitrogen and oxygen atoms in total. The zero-order chi connectivity index (χ0) is 12.4. The van der Waals surface area contributed by atoms with E-state index in [2.05, 4.69) is 22.2 Å². The van der Waals surface area contributed by atoms with Crippen LogP contribution in [0.1, 0.15) is 5.56 Å². The predicted octanol–water partition coefficient (Wildman–Crippen LogP) is 3.45. The number of benzene rings is 1. The highest BCUT2D eigenvalue weighted by Gasteiger charge is 2.11. The van der Waals surface area contributed by atoms with Crippen LogP contribution < -0.4 is 5.43 Å². The monoisotopic (exact) mass is 288 g/mol. The topological polar surface area (TPSA) is 42.7 Å². The molecule has 7 heteroatoms. The summed E-state index contributed by atoms with van der Waals surface area (Å²) in [6.07, 6.45) is 2.99.